The Kier molecular flexibility index (Phi) is 6.14. The zero-order chi connectivity index (χ0) is 20.1. The molecule has 1 N–H and O–H groups in total. The van der Waals surface area contributed by atoms with Crippen molar-refractivity contribution in [1.82, 2.24) is 4.57 Å². The zero-order valence-corrected chi connectivity index (χ0v) is 16.3. The Morgan fingerprint density at radius 3 is 2.50 bits per heavy atom. The first-order valence-electron chi connectivity index (χ1n) is 9.60. The van der Waals surface area contributed by atoms with Gasteiger partial charge in [0.2, 0.25) is 0 Å². The number of fused-ring (bicyclic) bond motifs is 1. The summed E-state index contributed by atoms with van der Waals surface area (Å²) < 4.78 is 7.34. The Labute approximate surface area is 164 Å². The van der Waals surface area contributed by atoms with Gasteiger partial charge in [-0.15, -0.1) is 0 Å². The molecule has 0 bridgehead atoms. The molecule has 0 amide bonds. The van der Waals surface area contributed by atoms with Crippen molar-refractivity contribution < 1.29 is 19.4 Å². The number of aromatic nitrogens is 1. The first kappa shape index (κ1) is 19.7. The van der Waals surface area contributed by atoms with Crippen LogP contribution in [0.1, 0.15) is 47.8 Å². The molecule has 0 aliphatic rings. The second-order valence-corrected chi connectivity index (χ2v) is 6.93. The number of hydrogen-bond donors (Lipinski definition) is 1. The van der Waals surface area contributed by atoms with E-state index in [0.29, 0.717) is 17.7 Å². The van der Waals surface area contributed by atoms with Crippen LogP contribution in [-0.4, -0.2) is 28.2 Å². The van der Waals surface area contributed by atoms with Gasteiger partial charge < -0.3 is 9.84 Å². The smallest absolute Gasteiger partial charge is 0.307 e. The Bertz CT molecular complexity index is 986. The minimum atomic E-state index is -0.890. The van der Waals surface area contributed by atoms with Crippen molar-refractivity contribution in [2.45, 2.75) is 39.5 Å². The van der Waals surface area contributed by atoms with E-state index in [1.54, 1.807) is 28.8 Å². The van der Waals surface area contributed by atoms with Gasteiger partial charge >= 0.3 is 5.97 Å². The van der Waals surface area contributed by atoms with Crippen LogP contribution in [0.5, 0.6) is 5.75 Å². The van der Waals surface area contributed by atoms with Gasteiger partial charge in [0.15, 0.2) is 0 Å². The number of ether oxygens (including phenoxy) is 1. The third-order valence-corrected chi connectivity index (χ3v) is 4.78. The number of rotatable bonds is 8. The molecule has 0 aliphatic heterocycles. The second-order valence-electron chi connectivity index (χ2n) is 6.93. The van der Waals surface area contributed by atoms with E-state index < -0.39 is 5.97 Å². The number of carbonyl (C=O) groups excluding carboxylic acids is 1. The van der Waals surface area contributed by atoms with Crippen molar-refractivity contribution in [3.63, 3.8) is 0 Å². The predicted octanol–water partition coefficient (Wildman–Crippen LogP) is 4.83. The molecule has 0 radical (unpaired) electrons. The van der Waals surface area contributed by atoms with Crippen LogP contribution in [0.2, 0.25) is 0 Å². The van der Waals surface area contributed by atoms with E-state index in [1.165, 1.54) is 0 Å². The summed E-state index contributed by atoms with van der Waals surface area (Å²) in [6.45, 7) is 4.68. The molecule has 2 aromatic carbocycles. The SMILES string of the molecule is CCCCCOc1ccc(C(=O)n2c(C)cc3c(CC(=O)O)cccc32)cc1. The predicted molar refractivity (Wildman–Crippen MR) is 109 cm³/mol. The van der Waals surface area contributed by atoms with Gasteiger partial charge in [-0.1, -0.05) is 31.9 Å². The van der Waals surface area contributed by atoms with E-state index in [9.17, 15) is 9.59 Å². The zero-order valence-electron chi connectivity index (χ0n) is 16.3. The highest BCUT2D eigenvalue weighted by atomic mass is 16.5. The number of hydrogen-bond acceptors (Lipinski definition) is 3. The van der Waals surface area contributed by atoms with E-state index in [1.807, 2.05) is 31.2 Å². The van der Waals surface area contributed by atoms with Crippen molar-refractivity contribution >= 4 is 22.8 Å². The summed E-state index contributed by atoms with van der Waals surface area (Å²) in [6.07, 6.45) is 3.24. The topological polar surface area (TPSA) is 68.5 Å². The Balaban J connectivity index is 1.85. The molecule has 146 valence electrons. The van der Waals surface area contributed by atoms with E-state index in [-0.39, 0.29) is 12.3 Å². The van der Waals surface area contributed by atoms with Gasteiger partial charge in [0.1, 0.15) is 5.75 Å². The van der Waals surface area contributed by atoms with Crippen LogP contribution < -0.4 is 4.74 Å². The minimum Gasteiger partial charge on any atom is -0.494 e. The highest BCUT2D eigenvalue weighted by Crippen LogP contribution is 2.25. The third kappa shape index (κ3) is 4.25. The van der Waals surface area contributed by atoms with E-state index in [2.05, 4.69) is 6.92 Å². The molecule has 28 heavy (non-hydrogen) atoms. The van der Waals surface area contributed by atoms with Gasteiger partial charge in [-0.05, 0) is 55.3 Å². The van der Waals surface area contributed by atoms with Gasteiger partial charge in [0.05, 0.1) is 18.5 Å². The van der Waals surface area contributed by atoms with Crippen molar-refractivity contribution in [3.05, 3.63) is 65.4 Å². The molecule has 3 rings (SSSR count). The molecule has 0 fully saturated rings. The maximum atomic E-state index is 13.1. The van der Waals surface area contributed by atoms with Crippen molar-refractivity contribution in [2.75, 3.05) is 6.61 Å². The largest absolute Gasteiger partial charge is 0.494 e. The molecule has 1 heterocycles. The maximum Gasteiger partial charge on any atom is 0.307 e. The molecule has 0 spiro atoms. The molecular weight excluding hydrogens is 354 g/mol. The number of aryl methyl sites for hydroxylation is 1. The summed E-state index contributed by atoms with van der Waals surface area (Å²) in [7, 11) is 0. The highest BCUT2D eigenvalue weighted by molar-refractivity contribution is 6.04. The van der Waals surface area contributed by atoms with Gasteiger partial charge in [-0.25, -0.2) is 0 Å². The number of carbonyl (C=O) groups is 2. The lowest BCUT2D eigenvalue weighted by Gasteiger charge is -2.09. The molecule has 0 unspecified atom stereocenters. The first-order chi connectivity index (χ1) is 13.5. The van der Waals surface area contributed by atoms with E-state index >= 15 is 0 Å². The number of aliphatic carboxylic acids is 1. The number of carboxylic acids is 1. The van der Waals surface area contributed by atoms with Crippen LogP contribution >= 0.6 is 0 Å². The second kappa shape index (κ2) is 8.74. The lowest BCUT2D eigenvalue weighted by molar-refractivity contribution is -0.136. The summed E-state index contributed by atoms with van der Waals surface area (Å²) in [4.78, 5) is 24.2. The molecule has 0 atom stereocenters. The molecule has 3 aromatic rings. The van der Waals surface area contributed by atoms with Gasteiger partial charge in [0.25, 0.3) is 5.91 Å². The fourth-order valence-electron chi connectivity index (χ4n) is 3.38. The van der Waals surface area contributed by atoms with Crippen LogP contribution in [0.15, 0.2) is 48.5 Å². The van der Waals surface area contributed by atoms with Crippen LogP contribution in [0.3, 0.4) is 0 Å². The minimum absolute atomic E-state index is 0.0704. The number of unbranched alkanes of at least 4 members (excludes halogenated alkanes) is 2. The van der Waals surface area contributed by atoms with Crippen molar-refractivity contribution in [1.29, 1.82) is 0 Å². The normalized spacial score (nSPS) is 10.9. The van der Waals surface area contributed by atoms with E-state index in [4.69, 9.17) is 9.84 Å². The standard InChI is InChI=1S/C23H25NO4/c1-3-4-5-13-28-19-11-9-17(10-12-19)23(27)24-16(2)14-20-18(15-22(25)26)7-6-8-21(20)24/h6-12,14H,3-5,13,15H2,1-2H3,(H,25,26). The van der Waals surface area contributed by atoms with Crippen LogP contribution in [0.25, 0.3) is 10.9 Å². The summed E-state index contributed by atoms with van der Waals surface area (Å²) in [6, 6.07) is 14.5. The monoisotopic (exact) mass is 379 g/mol. The van der Waals surface area contributed by atoms with Gasteiger partial charge in [-0.2, -0.15) is 0 Å². The molecule has 0 saturated heterocycles. The lowest BCUT2D eigenvalue weighted by Crippen LogP contribution is -2.13. The van der Waals surface area contributed by atoms with Crippen LogP contribution in [0, 0.1) is 6.92 Å². The molecule has 0 saturated carbocycles. The summed E-state index contributed by atoms with van der Waals surface area (Å²) in [5.41, 5.74) is 2.76. The Hall–Kier alpha value is -3.08. The lowest BCUT2D eigenvalue weighted by atomic mass is 10.1. The summed E-state index contributed by atoms with van der Waals surface area (Å²) >= 11 is 0. The first-order valence-corrected chi connectivity index (χ1v) is 9.60. The van der Waals surface area contributed by atoms with Crippen molar-refractivity contribution in [2.24, 2.45) is 0 Å². The number of benzene rings is 2. The fraction of sp³-hybridized carbons (Fsp3) is 0.304. The van der Waals surface area contributed by atoms with Crippen LogP contribution in [-0.2, 0) is 11.2 Å². The fourth-order valence-corrected chi connectivity index (χ4v) is 3.38. The molecule has 5 nitrogen and oxygen atoms in total. The van der Waals surface area contributed by atoms with Gasteiger partial charge in [0, 0.05) is 16.6 Å². The summed E-state index contributed by atoms with van der Waals surface area (Å²) in [5, 5.41) is 9.92. The van der Waals surface area contributed by atoms with Gasteiger partial charge in [-0.3, -0.25) is 14.2 Å². The number of nitrogens with zero attached hydrogens (tertiary/aromatic N) is 1. The third-order valence-electron chi connectivity index (χ3n) is 4.78. The average Bonchev–Trinajstić information content (AvgIpc) is 3.02. The molecular formula is C23H25NO4. The summed E-state index contributed by atoms with van der Waals surface area (Å²) in [5.74, 6) is -0.276. The maximum absolute atomic E-state index is 13.1. The van der Waals surface area contributed by atoms with Crippen LogP contribution in [0.4, 0.5) is 0 Å². The Morgan fingerprint density at radius 2 is 1.82 bits per heavy atom. The quantitative estimate of drug-likeness (QED) is 0.569. The highest BCUT2D eigenvalue weighted by Gasteiger charge is 2.17. The molecule has 5 heteroatoms. The Morgan fingerprint density at radius 1 is 1.07 bits per heavy atom. The molecule has 0 aliphatic carbocycles. The molecule has 1 aromatic heterocycles. The van der Waals surface area contributed by atoms with Crippen molar-refractivity contribution in [3.8, 4) is 5.75 Å². The average molecular weight is 379 g/mol. The van der Waals surface area contributed by atoms with E-state index in [0.717, 1.165) is 41.6 Å². The number of carboxylic acid groups (broad SMARTS) is 1.